The number of imidazole rings is 1. The third-order valence-corrected chi connectivity index (χ3v) is 2.45. The molecule has 0 amide bonds. The second-order valence-corrected chi connectivity index (χ2v) is 3.71. The van der Waals surface area contributed by atoms with Crippen LogP contribution in [-0.4, -0.2) is 26.9 Å². The molecule has 2 heterocycles. The number of aryl methyl sites for hydroxylation is 1. The number of aromatic nitrogens is 2. The van der Waals surface area contributed by atoms with E-state index < -0.39 is 10.9 Å². The second-order valence-electron chi connectivity index (χ2n) is 3.71. The number of ether oxygens (including phenoxy) is 1. The van der Waals surface area contributed by atoms with Gasteiger partial charge in [-0.25, -0.2) is 9.78 Å². The first-order valence-electron chi connectivity index (χ1n) is 5.33. The third-order valence-electron chi connectivity index (χ3n) is 2.45. The maximum absolute atomic E-state index is 11.5. The summed E-state index contributed by atoms with van der Waals surface area (Å²) in [6, 6.07) is 1.56. The van der Waals surface area contributed by atoms with Crippen molar-refractivity contribution in [3.63, 3.8) is 0 Å². The molecule has 18 heavy (non-hydrogen) atoms. The van der Waals surface area contributed by atoms with Gasteiger partial charge in [0.15, 0.2) is 5.69 Å². The molecule has 0 bridgehead atoms. The average molecular weight is 249 g/mol. The third kappa shape index (κ3) is 2.02. The Kier molecular flexibility index (Phi) is 2.97. The van der Waals surface area contributed by atoms with Crippen molar-refractivity contribution in [3.05, 3.63) is 39.8 Å². The summed E-state index contributed by atoms with van der Waals surface area (Å²) >= 11 is 0. The standard InChI is InChI=1S/C11H11N3O4/c1-3-18-11(15)8-5-13-6-9(14(16)17)7(2)4-10(13)12-8/h4-6H,3H2,1-2H3. The van der Waals surface area contributed by atoms with Crippen molar-refractivity contribution in [2.24, 2.45) is 0 Å². The Hall–Kier alpha value is -2.44. The van der Waals surface area contributed by atoms with Crippen molar-refractivity contribution in [1.82, 2.24) is 9.38 Å². The van der Waals surface area contributed by atoms with Crippen LogP contribution >= 0.6 is 0 Å². The lowest BCUT2D eigenvalue weighted by atomic mass is 10.2. The number of hydrogen-bond donors (Lipinski definition) is 0. The maximum Gasteiger partial charge on any atom is 0.358 e. The molecule has 2 rings (SSSR count). The first-order valence-corrected chi connectivity index (χ1v) is 5.33. The van der Waals surface area contributed by atoms with Crippen molar-refractivity contribution >= 4 is 17.3 Å². The van der Waals surface area contributed by atoms with Gasteiger partial charge in [0.05, 0.1) is 17.7 Å². The molecule has 7 heteroatoms. The second kappa shape index (κ2) is 4.44. The van der Waals surface area contributed by atoms with Crippen molar-refractivity contribution in [3.8, 4) is 0 Å². The van der Waals surface area contributed by atoms with E-state index in [1.165, 1.54) is 16.8 Å². The van der Waals surface area contributed by atoms with Crippen LogP contribution in [0.25, 0.3) is 5.65 Å². The van der Waals surface area contributed by atoms with Crippen LogP contribution in [0.4, 0.5) is 5.69 Å². The number of pyridine rings is 1. The zero-order valence-electron chi connectivity index (χ0n) is 9.91. The normalized spacial score (nSPS) is 10.6. The van der Waals surface area contributed by atoms with Crippen molar-refractivity contribution < 1.29 is 14.5 Å². The summed E-state index contributed by atoms with van der Waals surface area (Å²) < 4.78 is 6.26. The summed E-state index contributed by atoms with van der Waals surface area (Å²) in [5, 5.41) is 10.8. The first-order chi connectivity index (χ1) is 8.52. The summed E-state index contributed by atoms with van der Waals surface area (Å²) in [6.45, 7) is 3.57. The Morgan fingerprint density at radius 1 is 1.56 bits per heavy atom. The predicted octanol–water partition coefficient (Wildman–Crippen LogP) is 1.73. The van der Waals surface area contributed by atoms with Crippen LogP contribution < -0.4 is 0 Å². The van der Waals surface area contributed by atoms with Gasteiger partial charge in [0.1, 0.15) is 5.65 Å². The first kappa shape index (κ1) is 12.0. The molecule has 0 spiro atoms. The smallest absolute Gasteiger partial charge is 0.358 e. The number of esters is 1. The van der Waals surface area contributed by atoms with E-state index in [4.69, 9.17) is 4.74 Å². The predicted molar refractivity (Wildman–Crippen MR) is 62.5 cm³/mol. The average Bonchev–Trinajstić information content (AvgIpc) is 2.70. The molecule has 2 aromatic rings. The number of fused-ring (bicyclic) bond motifs is 1. The Morgan fingerprint density at radius 3 is 2.89 bits per heavy atom. The highest BCUT2D eigenvalue weighted by Crippen LogP contribution is 2.19. The van der Waals surface area contributed by atoms with Crippen LogP contribution in [0.3, 0.4) is 0 Å². The summed E-state index contributed by atoms with van der Waals surface area (Å²) in [4.78, 5) is 25.9. The van der Waals surface area contributed by atoms with Gasteiger partial charge in [-0.15, -0.1) is 0 Å². The fourth-order valence-corrected chi connectivity index (χ4v) is 1.61. The molecular formula is C11H11N3O4. The van der Waals surface area contributed by atoms with Gasteiger partial charge in [0.25, 0.3) is 5.69 Å². The summed E-state index contributed by atoms with van der Waals surface area (Å²) in [7, 11) is 0. The minimum Gasteiger partial charge on any atom is -0.461 e. The molecule has 0 aromatic carbocycles. The molecule has 0 fully saturated rings. The van der Waals surface area contributed by atoms with Crippen LogP contribution in [0.2, 0.25) is 0 Å². The number of nitro groups is 1. The number of hydrogen-bond acceptors (Lipinski definition) is 5. The monoisotopic (exact) mass is 249 g/mol. The number of nitrogens with zero attached hydrogens (tertiary/aromatic N) is 3. The van der Waals surface area contributed by atoms with Crippen molar-refractivity contribution in [1.29, 1.82) is 0 Å². The van der Waals surface area contributed by atoms with Gasteiger partial charge in [0.2, 0.25) is 0 Å². The van der Waals surface area contributed by atoms with E-state index in [0.717, 1.165) is 0 Å². The minimum atomic E-state index is -0.540. The van der Waals surface area contributed by atoms with Gasteiger partial charge in [-0.3, -0.25) is 14.5 Å². The molecule has 94 valence electrons. The molecule has 2 aromatic heterocycles. The zero-order valence-corrected chi connectivity index (χ0v) is 9.91. The Morgan fingerprint density at radius 2 is 2.28 bits per heavy atom. The van der Waals surface area contributed by atoms with Crippen LogP contribution in [0.5, 0.6) is 0 Å². The van der Waals surface area contributed by atoms with Crippen LogP contribution in [0, 0.1) is 17.0 Å². The molecule has 7 nitrogen and oxygen atoms in total. The largest absolute Gasteiger partial charge is 0.461 e. The highest BCUT2D eigenvalue weighted by atomic mass is 16.6. The van der Waals surface area contributed by atoms with E-state index in [1.54, 1.807) is 19.9 Å². The number of carbonyl (C=O) groups excluding carboxylic acids is 1. The number of carbonyl (C=O) groups is 1. The van der Waals surface area contributed by atoms with E-state index in [-0.39, 0.29) is 18.0 Å². The van der Waals surface area contributed by atoms with Crippen LogP contribution in [-0.2, 0) is 4.74 Å². The van der Waals surface area contributed by atoms with Crippen LogP contribution in [0.1, 0.15) is 23.0 Å². The highest BCUT2D eigenvalue weighted by Gasteiger charge is 2.16. The van der Waals surface area contributed by atoms with E-state index in [2.05, 4.69) is 4.98 Å². The Labute approximate surface area is 102 Å². The fraction of sp³-hybridized carbons (Fsp3) is 0.273. The van der Waals surface area contributed by atoms with E-state index in [9.17, 15) is 14.9 Å². The van der Waals surface area contributed by atoms with Gasteiger partial charge in [0, 0.05) is 11.8 Å². The highest BCUT2D eigenvalue weighted by molar-refractivity contribution is 5.88. The summed E-state index contributed by atoms with van der Waals surface area (Å²) in [5.41, 5.74) is 1.08. The summed E-state index contributed by atoms with van der Waals surface area (Å²) in [6.07, 6.45) is 2.75. The van der Waals surface area contributed by atoms with Gasteiger partial charge >= 0.3 is 5.97 Å². The topological polar surface area (TPSA) is 86.7 Å². The Bertz CT molecular complexity index is 632. The van der Waals surface area contributed by atoms with Crippen LogP contribution in [0.15, 0.2) is 18.5 Å². The van der Waals surface area contributed by atoms with Crippen molar-refractivity contribution in [2.75, 3.05) is 6.61 Å². The lowest BCUT2D eigenvalue weighted by Crippen LogP contribution is -2.04. The SMILES string of the molecule is CCOC(=O)c1cn2cc([N+](=O)[O-])c(C)cc2n1. The summed E-state index contributed by atoms with van der Waals surface area (Å²) in [5.74, 6) is -0.540. The molecular weight excluding hydrogens is 238 g/mol. The molecule has 0 saturated heterocycles. The lowest BCUT2D eigenvalue weighted by Gasteiger charge is -1.97. The van der Waals surface area contributed by atoms with Gasteiger partial charge < -0.3 is 4.74 Å². The molecule has 0 N–H and O–H groups in total. The molecule has 0 aliphatic rings. The molecule has 0 atom stereocenters. The Balaban J connectivity index is 2.52. The fourth-order valence-electron chi connectivity index (χ4n) is 1.61. The molecule has 0 aliphatic carbocycles. The number of rotatable bonds is 3. The zero-order chi connectivity index (χ0) is 13.3. The quantitative estimate of drug-likeness (QED) is 0.469. The molecule has 0 radical (unpaired) electrons. The lowest BCUT2D eigenvalue weighted by molar-refractivity contribution is -0.385. The van der Waals surface area contributed by atoms with E-state index in [0.29, 0.717) is 11.2 Å². The molecule has 0 aliphatic heterocycles. The molecule has 0 saturated carbocycles. The maximum atomic E-state index is 11.5. The molecule has 0 unspecified atom stereocenters. The van der Waals surface area contributed by atoms with E-state index >= 15 is 0 Å². The van der Waals surface area contributed by atoms with Gasteiger partial charge in [-0.05, 0) is 19.9 Å². The van der Waals surface area contributed by atoms with Crippen molar-refractivity contribution in [2.45, 2.75) is 13.8 Å². The minimum absolute atomic E-state index is 0.0182. The van der Waals surface area contributed by atoms with E-state index in [1.807, 2.05) is 0 Å². The van der Waals surface area contributed by atoms with Gasteiger partial charge in [-0.1, -0.05) is 0 Å². The van der Waals surface area contributed by atoms with Gasteiger partial charge in [-0.2, -0.15) is 0 Å².